The van der Waals surface area contributed by atoms with E-state index in [9.17, 15) is 19.5 Å². The van der Waals surface area contributed by atoms with Crippen LogP contribution >= 0.6 is 0 Å². The molecule has 10 heteroatoms. The normalized spacial score (nSPS) is 24.1. The molecule has 3 N–H and O–H groups in total. The molecule has 1 aromatic carbocycles. The van der Waals surface area contributed by atoms with E-state index < -0.39 is 29.4 Å². The number of nitrogens with one attached hydrogen (secondary N) is 2. The number of nitrogens with zero attached hydrogens (tertiary/aromatic N) is 2. The number of rotatable bonds is 8. The van der Waals surface area contributed by atoms with E-state index in [0.717, 1.165) is 5.56 Å². The Kier molecular flexibility index (Phi) is 7.84. The summed E-state index contributed by atoms with van der Waals surface area (Å²) >= 11 is 0. The molecule has 1 spiro atoms. The fraction of sp³-hybridized carbons (Fsp3) is 0.625. The number of benzene rings is 1. The smallest absolute Gasteiger partial charge is 0.411 e. The highest BCUT2D eigenvalue weighted by molar-refractivity contribution is 5.95. The first-order valence-corrected chi connectivity index (χ1v) is 11.6. The third-order valence-corrected chi connectivity index (χ3v) is 6.15. The summed E-state index contributed by atoms with van der Waals surface area (Å²) in [4.78, 5) is 45.8. The van der Waals surface area contributed by atoms with E-state index >= 15 is 0 Å². The van der Waals surface area contributed by atoms with Crippen LogP contribution in [0.4, 0.5) is 4.79 Å². The van der Waals surface area contributed by atoms with Crippen LogP contribution in [-0.4, -0.2) is 82.4 Å². The van der Waals surface area contributed by atoms with Crippen molar-refractivity contribution in [3.63, 3.8) is 0 Å². The molecule has 0 saturated carbocycles. The summed E-state index contributed by atoms with van der Waals surface area (Å²) in [5.74, 6) is -0.637. The zero-order valence-electron chi connectivity index (χ0n) is 20.5. The van der Waals surface area contributed by atoms with Crippen molar-refractivity contribution in [2.75, 3.05) is 20.1 Å². The first-order chi connectivity index (χ1) is 16.0. The number of β-lactam (4-membered cyclic amide) rings is 1. The minimum absolute atomic E-state index is 0.224. The number of likely N-dealkylation sites (N-methyl/N-ethyl adjacent to an activating group) is 1. The van der Waals surface area contributed by atoms with Gasteiger partial charge in [-0.2, -0.15) is 0 Å². The van der Waals surface area contributed by atoms with E-state index in [1.807, 2.05) is 30.3 Å². The van der Waals surface area contributed by atoms with Crippen molar-refractivity contribution < 1.29 is 29.1 Å². The molecule has 4 atom stereocenters. The van der Waals surface area contributed by atoms with Crippen molar-refractivity contribution in [2.24, 2.45) is 0 Å². The van der Waals surface area contributed by atoms with E-state index in [-0.39, 0.29) is 37.6 Å². The number of hydrogen-bond acceptors (Lipinski definition) is 7. The fourth-order valence-corrected chi connectivity index (χ4v) is 4.45. The summed E-state index contributed by atoms with van der Waals surface area (Å²) in [6.45, 7) is 7.55. The van der Waals surface area contributed by atoms with Crippen molar-refractivity contribution in [3.05, 3.63) is 35.9 Å². The lowest BCUT2D eigenvalue weighted by Crippen LogP contribution is -2.74. The molecule has 2 heterocycles. The van der Waals surface area contributed by atoms with Gasteiger partial charge in [0.2, 0.25) is 5.91 Å². The van der Waals surface area contributed by atoms with Crippen LogP contribution < -0.4 is 10.6 Å². The SMILES string of the molecule is CNC(=O)[C@@H](NCC1CCC2(CN(OCc3ccccc3)C2=O)N1C(=O)OC(C)(C)C)[C@@H](C)O. The summed E-state index contributed by atoms with van der Waals surface area (Å²) in [6, 6.07) is 8.30. The van der Waals surface area contributed by atoms with Crippen LogP contribution in [0.15, 0.2) is 30.3 Å². The van der Waals surface area contributed by atoms with E-state index in [1.165, 1.54) is 23.9 Å². The van der Waals surface area contributed by atoms with Crippen LogP contribution in [0.25, 0.3) is 0 Å². The van der Waals surface area contributed by atoms with E-state index in [1.54, 1.807) is 20.8 Å². The lowest BCUT2D eigenvalue weighted by atomic mass is 9.88. The lowest BCUT2D eigenvalue weighted by Gasteiger charge is -2.50. The number of hydrogen-bond donors (Lipinski definition) is 3. The maximum Gasteiger partial charge on any atom is 0.411 e. The third kappa shape index (κ3) is 5.51. The topological polar surface area (TPSA) is 120 Å². The second-order valence-electron chi connectivity index (χ2n) is 9.92. The van der Waals surface area contributed by atoms with Crippen molar-refractivity contribution in [3.8, 4) is 0 Å². The predicted molar refractivity (Wildman–Crippen MR) is 124 cm³/mol. The Morgan fingerprint density at radius 2 is 1.94 bits per heavy atom. The monoisotopic (exact) mass is 476 g/mol. The van der Waals surface area contributed by atoms with Crippen LogP contribution in [0.5, 0.6) is 0 Å². The molecular weight excluding hydrogens is 440 g/mol. The minimum Gasteiger partial charge on any atom is -0.444 e. The Morgan fingerprint density at radius 1 is 1.26 bits per heavy atom. The standard InChI is InChI=1S/C24H36N4O6/c1-16(29)19(20(30)25-5)26-13-18-11-12-24(28(18)22(32)34-23(2,3)4)15-27(21(24)31)33-14-17-9-7-6-8-10-17/h6-10,16,18-19,26,29H,11-15H2,1-5H3,(H,25,30)/t16-,18?,19+,24?/m1/s1. The maximum atomic E-state index is 13.3. The summed E-state index contributed by atoms with van der Waals surface area (Å²) < 4.78 is 5.64. The van der Waals surface area contributed by atoms with Gasteiger partial charge in [-0.15, -0.1) is 0 Å². The van der Waals surface area contributed by atoms with Gasteiger partial charge in [-0.1, -0.05) is 30.3 Å². The summed E-state index contributed by atoms with van der Waals surface area (Å²) in [7, 11) is 1.49. The van der Waals surface area contributed by atoms with Gasteiger partial charge in [0.25, 0.3) is 5.91 Å². The molecule has 2 saturated heterocycles. The van der Waals surface area contributed by atoms with Crippen LogP contribution in [0.3, 0.4) is 0 Å². The van der Waals surface area contributed by atoms with Crippen LogP contribution in [0, 0.1) is 0 Å². The molecule has 2 fully saturated rings. The Balaban J connectivity index is 1.73. The number of ether oxygens (including phenoxy) is 1. The van der Waals surface area contributed by atoms with Gasteiger partial charge >= 0.3 is 6.09 Å². The zero-order chi connectivity index (χ0) is 25.1. The van der Waals surface area contributed by atoms with E-state index in [2.05, 4.69) is 10.6 Å². The maximum absolute atomic E-state index is 13.3. The molecule has 0 bridgehead atoms. The van der Waals surface area contributed by atoms with Gasteiger partial charge in [0, 0.05) is 19.6 Å². The summed E-state index contributed by atoms with van der Waals surface area (Å²) in [5, 5.41) is 16.9. The van der Waals surface area contributed by atoms with Gasteiger partial charge in [-0.25, -0.2) is 9.86 Å². The third-order valence-electron chi connectivity index (χ3n) is 6.15. The molecule has 0 aromatic heterocycles. The predicted octanol–water partition coefficient (Wildman–Crippen LogP) is 1.18. The van der Waals surface area contributed by atoms with Gasteiger partial charge in [-0.3, -0.25) is 19.3 Å². The molecule has 0 radical (unpaired) electrons. The van der Waals surface area contributed by atoms with Crippen LogP contribution in [0.1, 0.15) is 46.1 Å². The van der Waals surface area contributed by atoms with Crippen molar-refractivity contribution >= 4 is 17.9 Å². The Hall–Kier alpha value is -2.69. The van der Waals surface area contributed by atoms with Crippen LogP contribution in [-0.2, 0) is 25.8 Å². The lowest BCUT2D eigenvalue weighted by molar-refractivity contribution is -0.241. The Labute approximate surface area is 200 Å². The molecule has 0 aliphatic carbocycles. The van der Waals surface area contributed by atoms with Gasteiger partial charge in [0.05, 0.1) is 12.6 Å². The first kappa shape index (κ1) is 25.9. The number of likely N-dealkylation sites (tertiary alicyclic amines) is 1. The zero-order valence-corrected chi connectivity index (χ0v) is 20.5. The van der Waals surface area contributed by atoms with E-state index in [0.29, 0.717) is 12.8 Å². The van der Waals surface area contributed by atoms with Gasteiger partial charge < -0.3 is 20.5 Å². The number of carbonyl (C=O) groups is 3. The number of aliphatic hydroxyl groups is 1. The average Bonchev–Trinajstić information content (AvgIpc) is 3.17. The molecular formula is C24H36N4O6. The minimum atomic E-state index is -1.04. The fourth-order valence-electron chi connectivity index (χ4n) is 4.45. The van der Waals surface area contributed by atoms with Crippen molar-refractivity contribution in [2.45, 2.75) is 76.5 Å². The van der Waals surface area contributed by atoms with Gasteiger partial charge in [0.1, 0.15) is 23.8 Å². The average molecular weight is 477 g/mol. The van der Waals surface area contributed by atoms with Crippen molar-refractivity contribution in [1.29, 1.82) is 0 Å². The second kappa shape index (κ2) is 10.3. The molecule has 2 unspecified atom stereocenters. The van der Waals surface area contributed by atoms with Crippen molar-refractivity contribution in [1.82, 2.24) is 20.6 Å². The summed E-state index contributed by atoms with van der Waals surface area (Å²) in [6.07, 6.45) is -0.508. The Bertz CT molecular complexity index is 887. The number of hydroxylamine groups is 2. The highest BCUT2D eigenvalue weighted by Crippen LogP contribution is 2.43. The Morgan fingerprint density at radius 3 is 2.50 bits per heavy atom. The molecule has 10 nitrogen and oxygen atoms in total. The van der Waals surface area contributed by atoms with Gasteiger partial charge in [0.15, 0.2) is 0 Å². The molecule has 1 aromatic rings. The van der Waals surface area contributed by atoms with Gasteiger partial charge in [-0.05, 0) is 46.1 Å². The highest BCUT2D eigenvalue weighted by atomic mass is 16.7. The highest BCUT2D eigenvalue weighted by Gasteiger charge is 2.64. The van der Waals surface area contributed by atoms with Crippen LogP contribution in [0.2, 0.25) is 0 Å². The first-order valence-electron chi connectivity index (χ1n) is 11.6. The quantitative estimate of drug-likeness (QED) is 0.482. The molecule has 2 aliphatic heterocycles. The van der Waals surface area contributed by atoms with E-state index in [4.69, 9.17) is 9.57 Å². The summed E-state index contributed by atoms with van der Waals surface area (Å²) in [5.41, 5.74) is -0.843. The molecule has 34 heavy (non-hydrogen) atoms. The largest absolute Gasteiger partial charge is 0.444 e. The molecule has 3 rings (SSSR count). The number of amides is 3. The molecule has 2 aliphatic rings. The second-order valence-corrected chi connectivity index (χ2v) is 9.92. The molecule has 188 valence electrons. The number of aliphatic hydroxyl groups excluding tert-OH is 1. The molecule has 3 amide bonds. The number of carbonyl (C=O) groups excluding carboxylic acids is 3.